The predicted octanol–water partition coefficient (Wildman–Crippen LogP) is 2.82. The number of fused-ring (bicyclic) bond motifs is 4. The summed E-state index contributed by atoms with van der Waals surface area (Å²) in [6.07, 6.45) is 3.58. The fourth-order valence-corrected chi connectivity index (χ4v) is 4.10. The van der Waals surface area contributed by atoms with E-state index in [1.165, 1.54) is 0 Å². The van der Waals surface area contributed by atoms with Crippen LogP contribution in [0.15, 0.2) is 30.5 Å². The highest BCUT2D eigenvalue weighted by molar-refractivity contribution is 6.35. The minimum Gasteiger partial charge on any atom is -0.373 e. The van der Waals surface area contributed by atoms with Gasteiger partial charge in [-0.3, -0.25) is 14.3 Å². The summed E-state index contributed by atoms with van der Waals surface area (Å²) in [7, 11) is 3.63. The molecule has 0 unspecified atom stereocenters. The highest BCUT2D eigenvalue weighted by atomic mass is 16.5. The first-order chi connectivity index (χ1) is 14.9. The van der Waals surface area contributed by atoms with Crippen molar-refractivity contribution in [3.05, 3.63) is 58.7 Å². The number of anilines is 1. The van der Waals surface area contributed by atoms with Gasteiger partial charge < -0.3 is 19.9 Å². The van der Waals surface area contributed by atoms with Gasteiger partial charge in [-0.05, 0) is 36.8 Å². The number of likely N-dealkylation sites (N-methyl/N-ethyl adjacent to an activating group) is 1. The van der Waals surface area contributed by atoms with Crippen LogP contribution in [0, 0.1) is 6.92 Å². The molecule has 31 heavy (non-hydrogen) atoms. The maximum atomic E-state index is 13.1. The van der Waals surface area contributed by atoms with E-state index in [1.807, 2.05) is 44.4 Å². The molecule has 8 nitrogen and oxygen atoms in total. The van der Waals surface area contributed by atoms with Gasteiger partial charge in [-0.25, -0.2) is 0 Å². The number of hydrogen-bond acceptors (Lipinski definition) is 4. The number of nitrogens with one attached hydrogen (secondary N) is 2. The molecule has 0 atom stereocenters. The zero-order valence-electron chi connectivity index (χ0n) is 17.7. The van der Waals surface area contributed by atoms with Gasteiger partial charge in [-0.1, -0.05) is 6.07 Å². The second-order valence-electron chi connectivity index (χ2n) is 7.96. The molecule has 3 aromatic rings. The average molecular weight is 417 g/mol. The van der Waals surface area contributed by atoms with Gasteiger partial charge in [0.1, 0.15) is 0 Å². The third-order valence-corrected chi connectivity index (χ3v) is 5.83. The van der Waals surface area contributed by atoms with Crippen molar-refractivity contribution in [1.29, 1.82) is 0 Å². The van der Waals surface area contributed by atoms with E-state index in [-0.39, 0.29) is 11.8 Å². The van der Waals surface area contributed by atoms with Crippen LogP contribution in [0.5, 0.6) is 0 Å². The lowest BCUT2D eigenvalue weighted by Crippen LogP contribution is -2.30. The number of hydrogen-bond donors (Lipinski definition) is 2. The van der Waals surface area contributed by atoms with Crippen LogP contribution < -0.4 is 5.32 Å². The minimum atomic E-state index is -0.190. The van der Waals surface area contributed by atoms with E-state index in [4.69, 9.17) is 4.74 Å². The van der Waals surface area contributed by atoms with Gasteiger partial charge in [0.25, 0.3) is 11.8 Å². The van der Waals surface area contributed by atoms with Crippen LogP contribution in [0.2, 0.25) is 0 Å². The van der Waals surface area contributed by atoms with Crippen LogP contribution in [0.25, 0.3) is 22.8 Å². The molecule has 5 rings (SSSR count). The zero-order chi connectivity index (χ0) is 21.7. The van der Waals surface area contributed by atoms with Crippen LogP contribution in [0.1, 0.15) is 33.0 Å². The Bertz CT molecular complexity index is 1250. The standard InChI is InChI=1S/C23H23N5O3/c1-13-8-17-20(25-13)10-16-15-9-14(4-5-19(15)26-22(16)29)18-11-24-28(3)21(18)12-31-7-6-27(2)23(17)30/h4-5,8-11,25H,6-7,12H2,1-3H3,(H,26,29)/b16-10-. The van der Waals surface area contributed by atoms with Gasteiger partial charge >= 0.3 is 0 Å². The van der Waals surface area contributed by atoms with E-state index in [1.54, 1.807) is 22.7 Å². The van der Waals surface area contributed by atoms with Crippen molar-refractivity contribution >= 4 is 29.2 Å². The first-order valence-electron chi connectivity index (χ1n) is 10.1. The van der Waals surface area contributed by atoms with Gasteiger partial charge in [0.15, 0.2) is 0 Å². The molecule has 2 N–H and O–H groups in total. The summed E-state index contributed by atoms with van der Waals surface area (Å²) in [5.74, 6) is -0.312. The largest absolute Gasteiger partial charge is 0.373 e. The molecule has 0 aliphatic carbocycles. The van der Waals surface area contributed by atoms with Crippen molar-refractivity contribution in [3.63, 3.8) is 0 Å². The number of nitrogens with zero attached hydrogens (tertiary/aromatic N) is 3. The topological polar surface area (TPSA) is 92.2 Å². The number of amides is 2. The number of carbonyl (C=O) groups excluding carboxylic acids is 2. The molecule has 0 fully saturated rings. The van der Waals surface area contributed by atoms with E-state index in [0.29, 0.717) is 36.6 Å². The predicted molar refractivity (Wildman–Crippen MR) is 117 cm³/mol. The lowest BCUT2D eigenvalue weighted by molar-refractivity contribution is -0.110. The first kappa shape index (κ1) is 19.3. The van der Waals surface area contributed by atoms with Crippen molar-refractivity contribution in [2.75, 3.05) is 25.5 Å². The minimum absolute atomic E-state index is 0.122. The molecule has 2 aromatic heterocycles. The molecule has 8 heteroatoms. The number of carbonyl (C=O) groups is 2. The van der Waals surface area contributed by atoms with Crippen molar-refractivity contribution < 1.29 is 14.3 Å². The SMILES string of the molecule is Cc1cc2c([nH]1)/C=C1\C(=O)Nc3ccc(cc31)-c1cnn(C)c1COCCN(C)C2=O. The van der Waals surface area contributed by atoms with Crippen LogP contribution in [-0.4, -0.2) is 51.7 Å². The van der Waals surface area contributed by atoms with Gasteiger partial charge in [0.2, 0.25) is 0 Å². The molecule has 4 heterocycles. The summed E-state index contributed by atoms with van der Waals surface area (Å²) >= 11 is 0. The Morgan fingerprint density at radius 1 is 1.10 bits per heavy atom. The molecular formula is C23H23N5O3. The average Bonchev–Trinajstić information content (AvgIpc) is 3.39. The number of rotatable bonds is 0. The third kappa shape index (κ3) is 3.25. The van der Waals surface area contributed by atoms with Crippen LogP contribution in [-0.2, 0) is 23.2 Å². The number of aryl methyl sites for hydroxylation is 2. The first-order valence-corrected chi connectivity index (χ1v) is 10.1. The summed E-state index contributed by atoms with van der Waals surface area (Å²) in [5, 5.41) is 7.32. The highest BCUT2D eigenvalue weighted by Gasteiger charge is 2.27. The van der Waals surface area contributed by atoms with E-state index < -0.39 is 0 Å². The molecule has 0 spiro atoms. The summed E-state index contributed by atoms with van der Waals surface area (Å²) < 4.78 is 7.69. The molecule has 0 saturated heterocycles. The molecule has 1 aromatic carbocycles. The van der Waals surface area contributed by atoms with Crippen molar-refractivity contribution in [3.8, 4) is 11.1 Å². The molecule has 0 radical (unpaired) electrons. The van der Waals surface area contributed by atoms with Crippen LogP contribution in [0.4, 0.5) is 5.69 Å². The summed E-state index contributed by atoms with van der Waals surface area (Å²) in [6.45, 7) is 3.12. The molecule has 2 amide bonds. The number of aromatic amines is 1. The molecule has 2 aliphatic heterocycles. The van der Waals surface area contributed by atoms with Crippen LogP contribution >= 0.6 is 0 Å². The van der Waals surface area contributed by atoms with Crippen molar-refractivity contribution in [2.45, 2.75) is 13.5 Å². The van der Waals surface area contributed by atoms with E-state index in [0.717, 1.165) is 33.8 Å². The Morgan fingerprint density at radius 2 is 1.94 bits per heavy atom. The highest BCUT2D eigenvalue weighted by Crippen LogP contribution is 2.37. The zero-order valence-corrected chi connectivity index (χ0v) is 17.7. The van der Waals surface area contributed by atoms with Crippen molar-refractivity contribution in [2.24, 2.45) is 7.05 Å². The van der Waals surface area contributed by atoms with E-state index in [9.17, 15) is 9.59 Å². The lowest BCUT2D eigenvalue weighted by Gasteiger charge is -2.17. The smallest absolute Gasteiger partial charge is 0.256 e. The molecule has 158 valence electrons. The molecule has 2 aliphatic rings. The monoisotopic (exact) mass is 417 g/mol. The number of H-pyrrole nitrogens is 1. The normalized spacial score (nSPS) is 17.9. The number of aromatic nitrogens is 3. The van der Waals surface area contributed by atoms with Gasteiger partial charge in [0, 0.05) is 43.1 Å². The van der Waals surface area contributed by atoms with Crippen molar-refractivity contribution in [1.82, 2.24) is 19.7 Å². The Labute approximate surface area is 179 Å². The fourth-order valence-electron chi connectivity index (χ4n) is 4.10. The third-order valence-electron chi connectivity index (χ3n) is 5.83. The lowest BCUT2D eigenvalue weighted by atomic mass is 9.98. The Morgan fingerprint density at radius 3 is 2.77 bits per heavy atom. The Kier molecular flexibility index (Phi) is 4.51. The summed E-state index contributed by atoms with van der Waals surface area (Å²) in [6, 6.07) is 7.68. The van der Waals surface area contributed by atoms with E-state index in [2.05, 4.69) is 15.4 Å². The van der Waals surface area contributed by atoms with Crippen LogP contribution in [0.3, 0.4) is 0 Å². The Hall–Kier alpha value is -3.65. The maximum Gasteiger partial charge on any atom is 0.256 e. The van der Waals surface area contributed by atoms with Gasteiger partial charge in [-0.15, -0.1) is 0 Å². The fraction of sp³-hybridized carbons (Fsp3) is 0.261. The number of benzene rings is 1. The van der Waals surface area contributed by atoms with Gasteiger partial charge in [-0.2, -0.15) is 5.10 Å². The number of ether oxygens (including phenoxy) is 1. The van der Waals surface area contributed by atoms with Gasteiger partial charge in [0.05, 0.1) is 41.9 Å². The second kappa shape index (κ2) is 7.24. The quantitative estimate of drug-likeness (QED) is 0.588. The molecule has 0 saturated carbocycles. The summed E-state index contributed by atoms with van der Waals surface area (Å²) in [5.41, 5.74) is 6.93. The molecule has 2 bridgehead atoms. The van der Waals surface area contributed by atoms with E-state index >= 15 is 0 Å². The second-order valence-corrected chi connectivity index (χ2v) is 7.96. The maximum absolute atomic E-state index is 13.1. The molecular weight excluding hydrogens is 394 g/mol. The summed E-state index contributed by atoms with van der Waals surface area (Å²) in [4.78, 5) is 30.7. The Balaban J connectivity index is 1.71.